The molecule has 0 amide bonds. The van der Waals surface area contributed by atoms with Crippen molar-refractivity contribution in [2.45, 2.75) is 17.2 Å². The Kier molecular flexibility index (Phi) is 5.21. The quantitative estimate of drug-likeness (QED) is 0.529. The zero-order chi connectivity index (χ0) is 12.6. The fourth-order valence-corrected chi connectivity index (χ4v) is 2.99. The van der Waals surface area contributed by atoms with Crippen LogP contribution >= 0.6 is 23.1 Å². The van der Waals surface area contributed by atoms with E-state index in [-0.39, 0.29) is 6.61 Å². The summed E-state index contributed by atoms with van der Waals surface area (Å²) >= 11 is 3.37. The standard InChI is InChI=1S/C13H12N2OS2/c16-8-2-1-3-11-4-5-12(18-11)9-17-13-6-7-14-10-15-13/h4-7,10,16H,2,8-9H2. The first kappa shape index (κ1) is 13.1. The van der Waals surface area contributed by atoms with Crippen LogP contribution in [0.25, 0.3) is 0 Å². The summed E-state index contributed by atoms with van der Waals surface area (Å²) in [6.07, 6.45) is 3.83. The van der Waals surface area contributed by atoms with Gasteiger partial charge in [-0.25, -0.2) is 9.97 Å². The Balaban J connectivity index is 1.90. The van der Waals surface area contributed by atoms with E-state index in [1.807, 2.05) is 12.1 Å². The van der Waals surface area contributed by atoms with Gasteiger partial charge in [-0.15, -0.1) is 23.1 Å². The van der Waals surface area contributed by atoms with Gasteiger partial charge in [0.05, 0.1) is 16.5 Å². The predicted octanol–water partition coefficient (Wildman–Crippen LogP) is 2.56. The number of nitrogens with zero attached hydrogens (tertiary/aromatic N) is 2. The summed E-state index contributed by atoms with van der Waals surface area (Å²) in [6.45, 7) is 0.120. The lowest BCUT2D eigenvalue weighted by atomic mass is 10.4. The fourth-order valence-electron chi connectivity index (χ4n) is 1.24. The number of aliphatic hydroxyl groups is 1. The van der Waals surface area contributed by atoms with Crippen LogP contribution in [-0.2, 0) is 5.75 Å². The van der Waals surface area contributed by atoms with Gasteiger partial charge >= 0.3 is 0 Å². The maximum atomic E-state index is 8.65. The first-order valence-electron chi connectivity index (χ1n) is 5.46. The summed E-state index contributed by atoms with van der Waals surface area (Å²) in [5.41, 5.74) is 0. The van der Waals surface area contributed by atoms with Crippen molar-refractivity contribution in [3.63, 3.8) is 0 Å². The molecule has 0 aliphatic rings. The second-order valence-corrected chi connectivity index (χ2v) is 5.54. The van der Waals surface area contributed by atoms with Gasteiger partial charge in [-0.1, -0.05) is 11.8 Å². The third-order valence-corrected chi connectivity index (χ3v) is 4.20. The zero-order valence-electron chi connectivity index (χ0n) is 9.67. The van der Waals surface area contributed by atoms with Crippen LogP contribution in [0.4, 0.5) is 0 Å². The molecule has 0 saturated carbocycles. The van der Waals surface area contributed by atoms with Crippen molar-refractivity contribution in [2.24, 2.45) is 0 Å². The molecule has 0 bridgehead atoms. The van der Waals surface area contributed by atoms with Crippen LogP contribution in [0, 0.1) is 11.8 Å². The Bertz CT molecular complexity index is 543. The Labute approximate surface area is 114 Å². The van der Waals surface area contributed by atoms with E-state index in [2.05, 4.69) is 27.9 Å². The summed E-state index contributed by atoms with van der Waals surface area (Å²) in [5, 5.41) is 9.62. The van der Waals surface area contributed by atoms with Crippen molar-refractivity contribution in [3.05, 3.63) is 40.5 Å². The van der Waals surface area contributed by atoms with E-state index in [9.17, 15) is 0 Å². The van der Waals surface area contributed by atoms with Gasteiger partial charge < -0.3 is 5.11 Å². The monoisotopic (exact) mass is 276 g/mol. The molecule has 2 aromatic rings. The second-order valence-electron chi connectivity index (χ2n) is 3.38. The molecule has 1 N–H and O–H groups in total. The molecule has 0 saturated heterocycles. The molecule has 0 aromatic carbocycles. The summed E-state index contributed by atoms with van der Waals surface area (Å²) in [5.74, 6) is 6.85. The number of aromatic nitrogens is 2. The summed E-state index contributed by atoms with van der Waals surface area (Å²) in [6, 6.07) is 6.01. The van der Waals surface area contributed by atoms with Gasteiger partial charge in [0, 0.05) is 23.2 Å². The molecule has 0 spiro atoms. The van der Waals surface area contributed by atoms with Crippen molar-refractivity contribution in [3.8, 4) is 11.8 Å². The highest BCUT2D eigenvalue weighted by Crippen LogP contribution is 2.24. The largest absolute Gasteiger partial charge is 0.395 e. The molecule has 0 aliphatic heterocycles. The third kappa shape index (κ3) is 4.15. The lowest BCUT2D eigenvalue weighted by Gasteiger charge is -1.96. The van der Waals surface area contributed by atoms with E-state index in [4.69, 9.17) is 5.11 Å². The Morgan fingerprint density at radius 1 is 1.33 bits per heavy atom. The molecule has 3 nitrogen and oxygen atoms in total. The maximum absolute atomic E-state index is 8.65. The summed E-state index contributed by atoms with van der Waals surface area (Å²) in [7, 11) is 0. The number of rotatable bonds is 4. The molecule has 0 radical (unpaired) electrons. The van der Waals surface area contributed by atoms with Crippen LogP contribution in [0.3, 0.4) is 0 Å². The van der Waals surface area contributed by atoms with Crippen LogP contribution in [0.5, 0.6) is 0 Å². The highest BCUT2D eigenvalue weighted by Gasteiger charge is 2.00. The van der Waals surface area contributed by atoms with Crippen LogP contribution < -0.4 is 0 Å². The van der Waals surface area contributed by atoms with Gasteiger partial charge in [0.15, 0.2) is 0 Å². The van der Waals surface area contributed by atoms with Crippen LogP contribution in [0.1, 0.15) is 16.2 Å². The van der Waals surface area contributed by atoms with E-state index in [1.165, 1.54) is 4.88 Å². The maximum Gasteiger partial charge on any atom is 0.116 e. The molecule has 0 atom stereocenters. The lowest BCUT2D eigenvalue weighted by Crippen LogP contribution is -1.80. The molecule has 0 unspecified atom stereocenters. The number of hydrogen-bond acceptors (Lipinski definition) is 5. The molecule has 2 rings (SSSR count). The number of hydrogen-bond donors (Lipinski definition) is 1. The molecule has 2 heterocycles. The van der Waals surface area contributed by atoms with Crippen molar-refractivity contribution in [2.75, 3.05) is 6.61 Å². The minimum Gasteiger partial charge on any atom is -0.395 e. The predicted molar refractivity (Wildman–Crippen MR) is 74.5 cm³/mol. The minimum atomic E-state index is 0.120. The summed E-state index contributed by atoms with van der Waals surface area (Å²) < 4.78 is 0. The van der Waals surface area contributed by atoms with Gasteiger partial charge in [0.2, 0.25) is 0 Å². The van der Waals surface area contributed by atoms with E-state index < -0.39 is 0 Å². The molecule has 92 valence electrons. The van der Waals surface area contributed by atoms with Gasteiger partial charge in [0.1, 0.15) is 6.33 Å². The minimum absolute atomic E-state index is 0.120. The average molecular weight is 276 g/mol. The van der Waals surface area contributed by atoms with E-state index >= 15 is 0 Å². The van der Waals surface area contributed by atoms with E-state index in [1.54, 1.807) is 35.6 Å². The molecular formula is C13H12N2OS2. The topological polar surface area (TPSA) is 46.0 Å². The first-order valence-corrected chi connectivity index (χ1v) is 7.26. The molecule has 18 heavy (non-hydrogen) atoms. The normalized spacial score (nSPS) is 9.83. The molecular weight excluding hydrogens is 264 g/mol. The smallest absolute Gasteiger partial charge is 0.116 e. The molecule has 0 aliphatic carbocycles. The SMILES string of the molecule is OCCC#Cc1ccc(CSc2ccncn2)s1. The average Bonchev–Trinajstić information content (AvgIpc) is 2.86. The number of aliphatic hydroxyl groups excluding tert-OH is 1. The Morgan fingerprint density at radius 3 is 3.06 bits per heavy atom. The molecule has 5 heteroatoms. The van der Waals surface area contributed by atoms with Gasteiger partial charge in [-0.2, -0.15) is 0 Å². The zero-order valence-corrected chi connectivity index (χ0v) is 11.3. The second kappa shape index (κ2) is 7.17. The van der Waals surface area contributed by atoms with Crippen molar-refractivity contribution < 1.29 is 5.11 Å². The Morgan fingerprint density at radius 2 is 2.28 bits per heavy atom. The third-order valence-electron chi connectivity index (χ3n) is 2.03. The molecule has 0 fully saturated rings. The summed E-state index contributed by atoms with van der Waals surface area (Å²) in [4.78, 5) is 10.4. The van der Waals surface area contributed by atoms with Crippen LogP contribution in [0.15, 0.2) is 35.7 Å². The lowest BCUT2D eigenvalue weighted by molar-refractivity contribution is 0.305. The molecule has 2 aromatic heterocycles. The van der Waals surface area contributed by atoms with Gasteiger partial charge in [-0.3, -0.25) is 0 Å². The van der Waals surface area contributed by atoms with Crippen molar-refractivity contribution >= 4 is 23.1 Å². The van der Waals surface area contributed by atoms with Gasteiger partial charge in [0.25, 0.3) is 0 Å². The van der Waals surface area contributed by atoms with Crippen LogP contribution in [0.2, 0.25) is 0 Å². The van der Waals surface area contributed by atoms with Gasteiger partial charge in [-0.05, 0) is 18.2 Å². The van der Waals surface area contributed by atoms with E-state index in [0.717, 1.165) is 15.7 Å². The first-order chi connectivity index (χ1) is 8.88. The van der Waals surface area contributed by atoms with Crippen LogP contribution in [-0.4, -0.2) is 21.7 Å². The highest BCUT2D eigenvalue weighted by molar-refractivity contribution is 7.98. The van der Waals surface area contributed by atoms with E-state index in [0.29, 0.717) is 6.42 Å². The Hall–Kier alpha value is -1.35. The van der Waals surface area contributed by atoms with Crippen molar-refractivity contribution in [1.29, 1.82) is 0 Å². The fraction of sp³-hybridized carbons (Fsp3) is 0.231. The number of thioether (sulfide) groups is 1. The number of thiophene rings is 1. The highest BCUT2D eigenvalue weighted by atomic mass is 32.2. The van der Waals surface area contributed by atoms with Crippen molar-refractivity contribution in [1.82, 2.24) is 9.97 Å².